The van der Waals surface area contributed by atoms with Crippen LogP contribution in [0.2, 0.25) is 0 Å². The average molecular weight is 549 g/mol. The molecule has 2 aromatic carbocycles. The summed E-state index contributed by atoms with van der Waals surface area (Å²) in [6, 6.07) is 14.8. The third-order valence-corrected chi connectivity index (χ3v) is 7.07. The Kier molecular flexibility index (Phi) is 11.9. The zero-order valence-electron chi connectivity index (χ0n) is 23.3. The number of hydrogen-bond donors (Lipinski definition) is 4. The molecule has 9 heteroatoms. The van der Waals surface area contributed by atoms with E-state index in [0.29, 0.717) is 18.4 Å². The van der Waals surface area contributed by atoms with Gasteiger partial charge in [-0.15, -0.1) is 0 Å². The molecule has 1 aliphatic rings. The van der Waals surface area contributed by atoms with E-state index in [-0.39, 0.29) is 12.5 Å². The molecule has 3 atom stereocenters. The van der Waals surface area contributed by atoms with Gasteiger partial charge in [0.2, 0.25) is 17.6 Å². The van der Waals surface area contributed by atoms with Crippen molar-refractivity contribution in [1.29, 1.82) is 0 Å². The lowest BCUT2D eigenvalue weighted by Crippen LogP contribution is -2.56. The molecule has 214 valence electrons. The smallest absolute Gasteiger partial charge is 0.289 e. The Morgan fingerprint density at radius 1 is 0.775 bits per heavy atom. The summed E-state index contributed by atoms with van der Waals surface area (Å²) >= 11 is 0. The Hall–Kier alpha value is -4.01. The zero-order chi connectivity index (χ0) is 28.9. The highest BCUT2D eigenvalue weighted by Crippen LogP contribution is 2.17. The summed E-state index contributed by atoms with van der Waals surface area (Å²) in [5.74, 6) is -2.90. The molecule has 4 amide bonds. The van der Waals surface area contributed by atoms with Crippen LogP contribution in [0.3, 0.4) is 0 Å². The molecule has 4 N–H and O–H groups in total. The van der Waals surface area contributed by atoms with Crippen LogP contribution in [0.1, 0.15) is 74.7 Å². The Morgan fingerprint density at radius 2 is 1.40 bits per heavy atom. The topological polar surface area (TPSA) is 133 Å². The fraction of sp³-hybridized carbons (Fsp3) is 0.452. The lowest BCUT2D eigenvalue weighted by molar-refractivity contribution is -0.141. The summed E-state index contributed by atoms with van der Waals surface area (Å²) in [5, 5.41) is 10.9. The Morgan fingerprint density at radius 3 is 2.02 bits per heavy atom. The van der Waals surface area contributed by atoms with E-state index in [4.69, 9.17) is 0 Å². The van der Waals surface area contributed by atoms with Crippen LogP contribution >= 0.6 is 0 Å². The van der Waals surface area contributed by atoms with Gasteiger partial charge < -0.3 is 21.3 Å². The highest BCUT2D eigenvalue weighted by molar-refractivity contribution is 6.38. The Bertz CT molecular complexity index is 1150. The van der Waals surface area contributed by atoms with E-state index in [1.54, 1.807) is 30.3 Å². The third-order valence-electron chi connectivity index (χ3n) is 7.07. The molecule has 40 heavy (non-hydrogen) atoms. The number of benzene rings is 2. The second-order valence-corrected chi connectivity index (χ2v) is 10.3. The molecule has 1 saturated carbocycles. The van der Waals surface area contributed by atoms with E-state index in [1.807, 2.05) is 37.3 Å². The molecule has 0 heterocycles. The molecule has 0 bridgehead atoms. The van der Waals surface area contributed by atoms with Crippen LogP contribution in [-0.4, -0.2) is 53.6 Å². The second kappa shape index (κ2) is 15.5. The van der Waals surface area contributed by atoms with Crippen molar-refractivity contribution in [3.05, 3.63) is 71.8 Å². The third kappa shape index (κ3) is 9.32. The van der Waals surface area contributed by atoms with E-state index >= 15 is 0 Å². The number of carbonyl (C=O) groups excluding carboxylic acids is 5. The van der Waals surface area contributed by atoms with Gasteiger partial charge in [0, 0.05) is 18.0 Å². The molecule has 3 rings (SSSR count). The molecular weight excluding hydrogens is 508 g/mol. The van der Waals surface area contributed by atoms with Crippen LogP contribution in [0.15, 0.2) is 60.7 Å². The van der Waals surface area contributed by atoms with Crippen molar-refractivity contribution < 1.29 is 24.0 Å². The van der Waals surface area contributed by atoms with Crippen LogP contribution in [0, 0.1) is 0 Å². The van der Waals surface area contributed by atoms with Gasteiger partial charge in [-0.1, -0.05) is 81.1 Å². The lowest BCUT2D eigenvalue weighted by atomic mass is 9.95. The van der Waals surface area contributed by atoms with Gasteiger partial charge in [0.15, 0.2) is 0 Å². The maximum Gasteiger partial charge on any atom is 0.289 e. The molecule has 0 spiro atoms. The van der Waals surface area contributed by atoms with Crippen molar-refractivity contribution >= 4 is 29.4 Å². The molecule has 1 aliphatic carbocycles. The summed E-state index contributed by atoms with van der Waals surface area (Å²) in [6.07, 6.45) is 5.95. The number of carbonyl (C=O) groups is 5. The summed E-state index contributed by atoms with van der Waals surface area (Å²) in [6.45, 7) is 3.36. The summed E-state index contributed by atoms with van der Waals surface area (Å²) in [7, 11) is 0. The number of amides is 4. The highest BCUT2D eigenvalue weighted by Gasteiger charge is 2.31. The predicted molar refractivity (Wildman–Crippen MR) is 152 cm³/mol. The molecular formula is C31H40N4O5. The Balaban J connectivity index is 1.63. The van der Waals surface area contributed by atoms with Crippen molar-refractivity contribution in [2.75, 3.05) is 0 Å². The van der Waals surface area contributed by atoms with Gasteiger partial charge in [-0.25, -0.2) is 0 Å². The van der Waals surface area contributed by atoms with Crippen LogP contribution < -0.4 is 21.3 Å². The van der Waals surface area contributed by atoms with Gasteiger partial charge in [-0.2, -0.15) is 0 Å². The average Bonchev–Trinajstić information content (AvgIpc) is 2.97. The van der Waals surface area contributed by atoms with Crippen molar-refractivity contribution in [2.24, 2.45) is 0 Å². The minimum absolute atomic E-state index is 0.0194. The van der Waals surface area contributed by atoms with Crippen LogP contribution in [0.5, 0.6) is 0 Å². The molecule has 9 nitrogen and oxygen atoms in total. The standard InChI is InChI=1S/C31H40N4O5/c1-3-13-25(27(36)31(40)33-24-18-11-6-12-19-24)34-28(37)21(2)32-30(39)26(20-22-14-7-4-8-15-22)35-29(38)23-16-9-5-10-17-23/h4-5,7-10,14-17,21,24-26H,3,6,11-13,18-20H2,1-2H3,(H,32,39)(H,33,40)(H,34,37)(H,35,38)/t21-,25?,26+/m0/s1. The van der Waals surface area contributed by atoms with E-state index in [0.717, 1.165) is 37.7 Å². The number of Topliss-reactive ketones (excluding diaryl/α,β-unsaturated/α-hetero) is 1. The van der Waals surface area contributed by atoms with Gasteiger partial charge in [0.1, 0.15) is 12.1 Å². The summed E-state index contributed by atoms with van der Waals surface area (Å²) < 4.78 is 0. The molecule has 0 aromatic heterocycles. The van der Waals surface area contributed by atoms with Crippen LogP contribution in [0.4, 0.5) is 0 Å². The van der Waals surface area contributed by atoms with E-state index in [9.17, 15) is 24.0 Å². The quantitative estimate of drug-likeness (QED) is 0.286. The van der Waals surface area contributed by atoms with Gasteiger partial charge in [-0.05, 0) is 43.9 Å². The van der Waals surface area contributed by atoms with Gasteiger partial charge in [-0.3, -0.25) is 24.0 Å². The molecule has 1 fully saturated rings. The monoisotopic (exact) mass is 548 g/mol. The molecule has 0 aliphatic heterocycles. The molecule has 1 unspecified atom stereocenters. The Labute approximate surface area is 235 Å². The summed E-state index contributed by atoms with van der Waals surface area (Å²) in [4.78, 5) is 64.6. The normalized spacial score (nSPS) is 15.7. The van der Waals surface area contributed by atoms with Gasteiger partial charge in [0.25, 0.3) is 11.8 Å². The first kappa shape index (κ1) is 30.5. The maximum absolute atomic E-state index is 13.3. The minimum Gasteiger partial charge on any atom is -0.347 e. The van der Waals surface area contributed by atoms with Crippen molar-refractivity contribution in [3.8, 4) is 0 Å². The number of ketones is 1. The fourth-order valence-corrected chi connectivity index (χ4v) is 4.79. The number of nitrogens with one attached hydrogen (secondary N) is 4. The van der Waals surface area contributed by atoms with E-state index < -0.39 is 47.5 Å². The first-order valence-electron chi connectivity index (χ1n) is 14.1. The SMILES string of the molecule is CCCC(NC(=O)[C@H](C)NC(=O)[C@@H](Cc1ccccc1)NC(=O)c1ccccc1)C(=O)C(=O)NC1CCCCC1. The first-order valence-corrected chi connectivity index (χ1v) is 14.1. The van der Waals surface area contributed by atoms with Crippen LogP contribution in [-0.2, 0) is 25.6 Å². The molecule has 0 saturated heterocycles. The van der Waals surface area contributed by atoms with Crippen molar-refractivity contribution in [1.82, 2.24) is 21.3 Å². The maximum atomic E-state index is 13.3. The summed E-state index contributed by atoms with van der Waals surface area (Å²) in [5.41, 5.74) is 1.25. The van der Waals surface area contributed by atoms with E-state index in [2.05, 4.69) is 21.3 Å². The molecule has 0 radical (unpaired) electrons. The molecule has 2 aromatic rings. The fourth-order valence-electron chi connectivity index (χ4n) is 4.79. The number of hydrogen-bond acceptors (Lipinski definition) is 5. The lowest BCUT2D eigenvalue weighted by Gasteiger charge is -2.25. The second-order valence-electron chi connectivity index (χ2n) is 10.3. The van der Waals surface area contributed by atoms with Crippen molar-refractivity contribution in [2.45, 2.75) is 89.4 Å². The van der Waals surface area contributed by atoms with E-state index in [1.165, 1.54) is 6.92 Å². The largest absolute Gasteiger partial charge is 0.347 e. The van der Waals surface area contributed by atoms with Crippen LogP contribution in [0.25, 0.3) is 0 Å². The first-order chi connectivity index (χ1) is 19.3. The van der Waals surface area contributed by atoms with Gasteiger partial charge >= 0.3 is 0 Å². The minimum atomic E-state index is -1.01. The van der Waals surface area contributed by atoms with Crippen molar-refractivity contribution in [3.63, 3.8) is 0 Å². The zero-order valence-corrected chi connectivity index (χ0v) is 23.3. The number of rotatable bonds is 13. The van der Waals surface area contributed by atoms with Gasteiger partial charge in [0.05, 0.1) is 6.04 Å². The predicted octanol–water partition coefficient (Wildman–Crippen LogP) is 2.84. The highest BCUT2D eigenvalue weighted by atomic mass is 16.2.